The molecule has 0 aromatic carbocycles. The Hall–Kier alpha value is -0.610. The molecule has 4 heteroatoms. The van der Waals surface area contributed by atoms with Gasteiger partial charge in [-0.25, -0.2) is 0 Å². The molecule has 0 aliphatic carbocycles. The molecule has 0 aromatic heterocycles. The minimum absolute atomic E-state index is 0.111. The summed E-state index contributed by atoms with van der Waals surface area (Å²) in [4.78, 5) is 13.5. The summed E-state index contributed by atoms with van der Waals surface area (Å²) in [6.07, 6.45) is 2.33. The smallest absolute Gasteiger partial charge is 0.322 e. The van der Waals surface area contributed by atoms with Crippen molar-refractivity contribution in [1.82, 2.24) is 10.2 Å². The molecule has 1 atom stereocenters. The highest BCUT2D eigenvalue weighted by Crippen LogP contribution is 2.05. The Balaban J connectivity index is 2.42. The highest BCUT2D eigenvalue weighted by molar-refractivity contribution is 5.75. The standard InChI is InChI=1S/C10H20N2O2/c1-9(10(13)14-2)12-7-4-3-5-11-6-8-12/h9,11H,3-8H2,1-2H3. The second-order valence-electron chi connectivity index (χ2n) is 3.69. The average Bonchev–Trinajstić information content (AvgIpc) is 2.15. The van der Waals surface area contributed by atoms with Crippen LogP contribution in [0.3, 0.4) is 0 Å². The number of ether oxygens (including phenoxy) is 1. The molecular formula is C10H20N2O2. The summed E-state index contributed by atoms with van der Waals surface area (Å²) < 4.78 is 4.74. The number of methoxy groups -OCH3 is 1. The molecule has 1 unspecified atom stereocenters. The predicted octanol–water partition coefficient (Wildman–Crippen LogP) is 0.233. The number of carbonyl (C=O) groups is 1. The minimum Gasteiger partial charge on any atom is -0.468 e. The van der Waals surface area contributed by atoms with Crippen molar-refractivity contribution in [3.8, 4) is 0 Å². The Morgan fingerprint density at radius 1 is 1.36 bits per heavy atom. The topological polar surface area (TPSA) is 41.6 Å². The molecule has 0 spiro atoms. The maximum atomic E-state index is 11.3. The Morgan fingerprint density at radius 3 is 2.86 bits per heavy atom. The Labute approximate surface area is 85.6 Å². The maximum Gasteiger partial charge on any atom is 0.322 e. The highest BCUT2D eigenvalue weighted by atomic mass is 16.5. The first-order valence-corrected chi connectivity index (χ1v) is 5.28. The van der Waals surface area contributed by atoms with E-state index in [1.54, 1.807) is 0 Å². The van der Waals surface area contributed by atoms with E-state index in [0.717, 1.165) is 32.6 Å². The van der Waals surface area contributed by atoms with Crippen LogP contribution in [0.2, 0.25) is 0 Å². The van der Waals surface area contributed by atoms with Crippen molar-refractivity contribution in [2.24, 2.45) is 0 Å². The second-order valence-corrected chi connectivity index (χ2v) is 3.69. The van der Waals surface area contributed by atoms with Crippen molar-refractivity contribution in [3.63, 3.8) is 0 Å². The van der Waals surface area contributed by atoms with Crippen LogP contribution in [0.15, 0.2) is 0 Å². The largest absolute Gasteiger partial charge is 0.468 e. The molecule has 4 nitrogen and oxygen atoms in total. The van der Waals surface area contributed by atoms with Crippen LogP contribution >= 0.6 is 0 Å². The molecule has 0 saturated carbocycles. The van der Waals surface area contributed by atoms with E-state index in [1.807, 2.05) is 6.92 Å². The molecule has 82 valence electrons. The lowest BCUT2D eigenvalue weighted by atomic mass is 10.2. The van der Waals surface area contributed by atoms with Gasteiger partial charge in [0.15, 0.2) is 0 Å². The number of hydrogen-bond acceptors (Lipinski definition) is 4. The molecular weight excluding hydrogens is 180 g/mol. The van der Waals surface area contributed by atoms with Gasteiger partial charge in [0.25, 0.3) is 0 Å². The van der Waals surface area contributed by atoms with Crippen LogP contribution in [0.5, 0.6) is 0 Å². The lowest BCUT2D eigenvalue weighted by Crippen LogP contribution is -2.45. The molecule has 0 amide bonds. The predicted molar refractivity (Wildman–Crippen MR) is 55.2 cm³/mol. The first-order chi connectivity index (χ1) is 6.75. The number of hydrogen-bond donors (Lipinski definition) is 1. The maximum absolute atomic E-state index is 11.3. The van der Waals surface area contributed by atoms with Crippen molar-refractivity contribution in [1.29, 1.82) is 0 Å². The van der Waals surface area contributed by atoms with Crippen LogP contribution < -0.4 is 5.32 Å². The molecule has 14 heavy (non-hydrogen) atoms. The van der Waals surface area contributed by atoms with Gasteiger partial charge < -0.3 is 10.1 Å². The third-order valence-corrected chi connectivity index (χ3v) is 2.71. The molecule has 1 fully saturated rings. The van der Waals surface area contributed by atoms with E-state index in [1.165, 1.54) is 13.5 Å². The first-order valence-electron chi connectivity index (χ1n) is 5.28. The Morgan fingerprint density at radius 2 is 2.14 bits per heavy atom. The number of nitrogens with zero attached hydrogens (tertiary/aromatic N) is 1. The van der Waals surface area contributed by atoms with E-state index in [0.29, 0.717) is 0 Å². The monoisotopic (exact) mass is 200 g/mol. The molecule has 1 heterocycles. The summed E-state index contributed by atoms with van der Waals surface area (Å²) in [7, 11) is 1.45. The molecule has 1 rings (SSSR count). The lowest BCUT2D eigenvalue weighted by Gasteiger charge is -2.28. The zero-order valence-electron chi connectivity index (χ0n) is 9.08. The first kappa shape index (κ1) is 11.5. The molecule has 0 radical (unpaired) electrons. The van der Waals surface area contributed by atoms with E-state index in [-0.39, 0.29) is 12.0 Å². The molecule has 1 aliphatic heterocycles. The third-order valence-electron chi connectivity index (χ3n) is 2.71. The zero-order valence-corrected chi connectivity index (χ0v) is 9.08. The molecule has 0 bridgehead atoms. The summed E-state index contributed by atoms with van der Waals surface area (Å²) in [5, 5.41) is 3.34. The van der Waals surface area contributed by atoms with E-state index in [4.69, 9.17) is 4.74 Å². The van der Waals surface area contributed by atoms with Gasteiger partial charge in [0, 0.05) is 13.1 Å². The van der Waals surface area contributed by atoms with Crippen molar-refractivity contribution in [2.75, 3.05) is 33.3 Å². The molecule has 1 aliphatic rings. The van der Waals surface area contributed by atoms with Gasteiger partial charge in [-0.15, -0.1) is 0 Å². The van der Waals surface area contributed by atoms with Gasteiger partial charge in [0.1, 0.15) is 6.04 Å². The van der Waals surface area contributed by atoms with Crippen molar-refractivity contribution >= 4 is 5.97 Å². The Kier molecular flexibility index (Phi) is 4.90. The fourth-order valence-corrected chi connectivity index (χ4v) is 1.73. The fourth-order valence-electron chi connectivity index (χ4n) is 1.73. The summed E-state index contributed by atoms with van der Waals surface area (Å²) in [5.41, 5.74) is 0. The number of nitrogens with one attached hydrogen (secondary N) is 1. The van der Waals surface area contributed by atoms with Crippen LogP contribution in [0.1, 0.15) is 19.8 Å². The van der Waals surface area contributed by atoms with Crippen LogP contribution in [0.4, 0.5) is 0 Å². The summed E-state index contributed by atoms with van der Waals surface area (Å²) >= 11 is 0. The third kappa shape index (κ3) is 3.27. The zero-order chi connectivity index (χ0) is 10.4. The van der Waals surface area contributed by atoms with Crippen LogP contribution in [0, 0.1) is 0 Å². The van der Waals surface area contributed by atoms with Gasteiger partial charge in [0.05, 0.1) is 7.11 Å². The number of esters is 1. The van der Waals surface area contributed by atoms with Gasteiger partial charge in [-0.3, -0.25) is 9.69 Å². The normalized spacial score (nSPS) is 22.1. The lowest BCUT2D eigenvalue weighted by molar-refractivity contribution is -0.146. The van der Waals surface area contributed by atoms with Crippen LogP contribution in [-0.2, 0) is 9.53 Å². The second kappa shape index (κ2) is 5.98. The van der Waals surface area contributed by atoms with E-state index in [9.17, 15) is 4.79 Å². The fraction of sp³-hybridized carbons (Fsp3) is 0.900. The molecule has 1 N–H and O–H groups in total. The SMILES string of the molecule is COC(=O)C(C)N1CCCCNCC1. The van der Waals surface area contributed by atoms with E-state index < -0.39 is 0 Å². The Bertz CT molecular complexity index is 177. The minimum atomic E-state index is -0.134. The van der Waals surface area contributed by atoms with Gasteiger partial charge >= 0.3 is 5.97 Å². The highest BCUT2D eigenvalue weighted by Gasteiger charge is 2.21. The summed E-state index contributed by atoms with van der Waals surface area (Å²) in [5.74, 6) is -0.134. The van der Waals surface area contributed by atoms with Gasteiger partial charge in [-0.1, -0.05) is 0 Å². The average molecular weight is 200 g/mol. The number of carbonyl (C=O) groups excluding carboxylic acids is 1. The van der Waals surface area contributed by atoms with Crippen molar-refractivity contribution in [2.45, 2.75) is 25.8 Å². The number of rotatable bonds is 2. The summed E-state index contributed by atoms with van der Waals surface area (Å²) in [6.45, 7) is 5.89. The van der Waals surface area contributed by atoms with Crippen LogP contribution in [-0.4, -0.2) is 50.2 Å². The van der Waals surface area contributed by atoms with Gasteiger partial charge in [-0.05, 0) is 32.9 Å². The quantitative estimate of drug-likeness (QED) is 0.648. The van der Waals surface area contributed by atoms with Gasteiger partial charge in [0.2, 0.25) is 0 Å². The summed E-state index contributed by atoms with van der Waals surface area (Å²) in [6, 6.07) is -0.111. The van der Waals surface area contributed by atoms with Crippen LogP contribution in [0.25, 0.3) is 0 Å². The van der Waals surface area contributed by atoms with E-state index >= 15 is 0 Å². The van der Waals surface area contributed by atoms with Crippen molar-refractivity contribution < 1.29 is 9.53 Å². The molecule has 0 aromatic rings. The molecule has 1 saturated heterocycles. The van der Waals surface area contributed by atoms with Crippen molar-refractivity contribution in [3.05, 3.63) is 0 Å². The van der Waals surface area contributed by atoms with E-state index in [2.05, 4.69) is 10.2 Å². The van der Waals surface area contributed by atoms with Gasteiger partial charge in [-0.2, -0.15) is 0 Å².